The number of alkyl halides is 2. The van der Waals surface area contributed by atoms with Crippen LogP contribution in [0.3, 0.4) is 0 Å². The summed E-state index contributed by atoms with van der Waals surface area (Å²) in [6.07, 6.45) is -3.13. The lowest BCUT2D eigenvalue weighted by molar-refractivity contribution is -0.189. The number of ether oxygens (including phenoxy) is 2. The first-order valence-corrected chi connectivity index (χ1v) is 10.7. The van der Waals surface area contributed by atoms with E-state index < -0.39 is 46.5 Å². The molecule has 0 bridgehead atoms. The van der Waals surface area contributed by atoms with Gasteiger partial charge in [0.25, 0.3) is 0 Å². The average molecular weight is 502 g/mol. The van der Waals surface area contributed by atoms with Crippen molar-refractivity contribution in [3.05, 3.63) is 88.7 Å². The number of rotatable bonds is 5. The highest BCUT2D eigenvalue weighted by atomic mass is 32.1. The predicted molar refractivity (Wildman–Crippen MR) is 113 cm³/mol. The Morgan fingerprint density at radius 1 is 0.794 bits per heavy atom. The Bertz CT molecular complexity index is 1150. The Morgan fingerprint density at radius 3 is 1.91 bits per heavy atom. The molecular weight excluding hydrogens is 485 g/mol. The second-order valence-corrected chi connectivity index (χ2v) is 8.54. The summed E-state index contributed by atoms with van der Waals surface area (Å²) < 4.78 is 108. The van der Waals surface area contributed by atoms with E-state index in [2.05, 4.69) is 17.4 Å². The minimum Gasteiger partial charge on any atom is -0.429 e. The van der Waals surface area contributed by atoms with Gasteiger partial charge in [0.05, 0.1) is 12.7 Å². The molecule has 0 aliphatic carbocycles. The third kappa shape index (κ3) is 5.02. The lowest BCUT2D eigenvalue weighted by atomic mass is 9.97. The molecule has 180 valence electrons. The first kappa shape index (κ1) is 24.4. The van der Waals surface area contributed by atoms with Gasteiger partial charge in [0.2, 0.25) is 0 Å². The van der Waals surface area contributed by atoms with E-state index in [4.69, 9.17) is 4.74 Å². The maximum Gasteiger partial charge on any atom is 0.432 e. The monoisotopic (exact) mass is 502 g/mol. The number of hydrogen-bond acceptors (Lipinski definition) is 3. The Labute approximate surface area is 195 Å². The van der Waals surface area contributed by atoms with Gasteiger partial charge in [-0.3, -0.25) is 0 Å². The molecule has 0 saturated carbocycles. The zero-order valence-electron chi connectivity index (χ0n) is 17.3. The van der Waals surface area contributed by atoms with E-state index in [0.29, 0.717) is 24.3 Å². The Balaban J connectivity index is 1.58. The lowest BCUT2D eigenvalue weighted by Crippen LogP contribution is -2.25. The molecule has 1 fully saturated rings. The molecule has 0 N–H and O–H groups in total. The van der Waals surface area contributed by atoms with Crippen LogP contribution in [0, 0.1) is 29.1 Å². The predicted octanol–water partition coefficient (Wildman–Crippen LogP) is 7.33. The molecule has 4 rings (SSSR count). The number of thiol groups is 1. The molecule has 2 atom stereocenters. The average Bonchev–Trinajstić information content (AvgIpc) is 2.77. The molecular formula is C24H17F7O2S. The molecule has 2 nitrogen and oxygen atoms in total. The van der Waals surface area contributed by atoms with Crippen molar-refractivity contribution < 1.29 is 40.2 Å². The van der Waals surface area contributed by atoms with Gasteiger partial charge < -0.3 is 9.47 Å². The third-order valence-corrected chi connectivity index (χ3v) is 5.81. The molecule has 1 aliphatic rings. The zero-order chi connectivity index (χ0) is 24.6. The lowest BCUT2D eigenvalue weighted by Gasteiger charge is -2.26. The maximum absolute atomic E-state index is 14.6. The molecule has 34 heavy (non-hydrogen) atoms. The van der Waals surface area contributed by atoms with E-state index in [1.165, 1.54) is 0 Å². The summed E-state index contributed by atoms with van der Waals surface area (Å²) in [6.45, 7) is 0.501. The first-order valence-electron chi connectivity index (χ1n) is 10.2. The summed E-state index contributed by atoms with van der Waals surface area (Å²) in [6, 6.07) is 8.28. The van der Waals surface area contributed by atoms with Gasteiger partial charge in [-0.25, -0.2) is 22.0 Å². The van der Waals surface area contributed by atoms with E-state index >= 15 is 0 Å². The molecule has 0 amide bonds. The van der Waals surface area contributed by atoms with Crippen molar-refractivity contribution in [3.8, 4) is 16.9 Å². The summed E-state index contributed by atoms with van der Waals surface area (Å²) >= 11 is 4.36. The highest BCUT2D eigenvalue weighted by Gasteiger charge is 2.41. The summed E-state index contributed by atoms with van der Waals surface area (Å²) in [5, 5.41) is 0.170. The third-order valence-electron chi connectivity index (χ3n) is 5.40. The highest BCUT2D eigenvalue weighted by Crippen LogP contribution is 2.38. The molecule has 0 spiro atoms. The molecule has 3 aromatic carbocycles. The Kier molecular flexibility index (Phi) is 6.82. The van der Waals surface area contributed by atoms with E-state index in [1.54, 1.807) is 24.3 Å². The van der Waals surface area contributed by atoms with Crippen molar-refractivity contribution >= 4 is 12.6 Å². The molecule has 0 aromatic heterocycles. The van der Waals surface area contributed by atoms with E-state index in [9.17, 15) is 30.7 Å². The summed E-state index contributed by atoms with van der Waals surface area (Å²) in [5.41, 5.74) is -0.544. The Morgan fingerprint density at radius 2 is 1.38 bits per heavy atom. The summed E-state index contributed by atoms with van der Waals surface area (Å²) in [4.78, 5) is 0. The largest absolute Gasteiger partial charge is 0.432 e. The molecule has 1 aliphatic heterocycles. The molecule has 1 heterocycles. The first-order chi connectivity index (χ1) is 16.0. The van der Waals surface area contributed by atoms with Gasteiger partial charge in [-0.15, -0.1) is 0 Å². The van der Waals surface area contributed by atoms with Crippen molar-refractivity contribution in [2.24, 2.45) is 0 Å². The van der Waals surface area contributed by atoms with Crippen LogP contribution in [0.15, 0.2) is 48.5 Å². The molecule has 0 radical (unpaired) electrons. The fourth-order valence-electron chi connectivity index (χ4n) is 3.70. The molecule has 2 unspecified atom stereocenters. The SMILES string of the molecule is Fc1cc(OC(F)(F)c2c(F)cc(-c3ccc(C4CCC(S)CO4)cc3)cc2F)cc(F)c1F. The normalized spacial score (nSPS) is 18.7. The topological polar surface area (TPSA) is 18.5 Å². The van der Waals surface area contributed by atoms with Crippen LogP contribution < -0.4 is 4.74 Å². The summed E-state index contributed by atoms with van der Waals surface area (Å²) in [5.74, 6) is -9.91. The van der Waals surface area contributed by atoms with Crippen LogP contribution >= 0.6 is 12.6 Å². The van der Waals surface area contributed by atoms with Crippen LogP contribution in [0.1, 0.15) is 30.1 Å². The van der Waals surface area contributed by atoms with Crippen molar-refractivity contribution in [1.82, 2.24) is 0 Å². The fraction of sp³-hybridized carbons (Fsp3) is 0.250. The van der Waals surface area contributed by atoms with Crippen molar-refractivity contribution in [2.75, 3.05) is 6.61 Å². The minimum atomic E-state index is -4.64. The van der Waals surface area contributed by atoms with Gasteiger partial charge >= 0.3 is 6.11 Å². The van der Waals surface area contributed by atoms with Crippen LogP contribution in [0.5, 0.6) is 5.75 Å². The number of halogens is 7. The molecule has 10 heteroatoms. The van der Waals surface area contributed by atoms with Crippen molar-refractivity contribution in [1.29, 1.82) is 0 Å². The maximum atomic E-state index is 14.6. The zero-order valence-corrected chi connectivity index (χ0v) is 18.2. The number of hydrogen-bond donors (Lipinski definition) is 1. The molecule has 1 saturated heterocycles. The van der Waals surface area contributed by atoms with Crippen molar-refractivity contribution in [2.45, 2.75) is 30.3 Å². The quantitative estimate of drug-likeness (QED) is 0.224. The second-order valence-electron chi connectivity index (χ2n) is 7.81. The number of benzene rings is 3. The van der Waals surface area contributed by atoms with Crippen LogP contribution in [-0.2, 0) is 10.8 Å². The highest BCUT2D eigenvalue weighted by molar-refractivity contribution is 7.81. The standard InChI is InChI=1S/C24H17F7O2S/c25-17-7-14(12-1-3-13(4-2-12)21-6-5-16(34)11-32-21)8-18(26)22(17)24(30,31)33-15-9-19(27)23(29)20(28)10-15/h1-4,7-10,16,21,34H,5-6,11H2. The minimum absolute atomic E-state index is 0.0139. The van der Waals surface area contributed by atoms with E-state index in [1.807, 2.05) is 0 Å². The Hall–Kier alpha value is -2.72. The fourth-order valence-corrected chi connectivity index (χ4v) is 3.93. The van der Waals surface area contributed by atoms with Gasteiger partial charge in [0.1, 0.15) is 22.9 Å². The van der Waals surface area contributed by atoms with Gasteiger partial charge in [0.15, 0.2) is 17.5 Å². The van der Waals surface area contributed by atoms with Crippen molar-refractivity contribution in [3.63, 3.8) is 0 Å². The van der Waals surface area contributed by atoms with Gasteiger partial charge in [-0.1, -0.05) is 24.3 Å². The van der Waals surface area contributed by atoms with E-state index in [0.717, 1.165) is 18.4 Å². The smallest absolute Gasteiger partial charge is 0.429 e. The van der Waals surface area contributed by atoms with Gasteiger partial charge in [-0.2, -0.15) is 21.4 Å². The van der Waals surface area contributed by atoms with Gasteiger partial charge in [0, 0.05) is 17.4 Å². The van der Waals surface area contributed by atoms with E-state index in [-0.39, 0.29) is 29.1 Å². The van der Waals surface area contributed by atoms with Crippen LogP contribution in [-0.4, -0.2) is 11.9 Å². The molecule has 3 aromatic rings. The van der Waals surface area contributed by atoms with Crippen LogP contribution in [0.4, 0.5) is 30.7 Å². The van der Waals surface area contributed by atoms with Crippen LogP contribution in [0.25, 0.3) is 11.1 Å². The second kappa shape index (κ2) is 9.50. The summed E-state index contributed by atoms with van der Waals surface area (Å²) in [7, 11) is 0. The van der Waals surface area contributed by atoms with Gasteiger partial charge in [-0.05, 0) is 41.7 Å². The van der Waals surface area contributed by atoms with Crippen LogP contribution in [0.2, 0.25) is 0 Å².